The first-order valence-electron chi connectivity index (χ1n) is 12.3. The van der Waals surface area contributed by atoms with Crippen molar-refractivity contribution in [3.05, 3.63) is 70.4 Å². The van der Waals surface area contributed by atoms with Crippen molar-refractivity contribution in [2.45, 2.75) is 19.2 Å². The Morgan fingerprint density at radius 3 is 2.72 bits per heavy atom. The highest BCUT2D eigenvalue weighted by molar-refractivity contribution is 6.30. The summed E-state index contributed by atoms with van der Waals surface area (Å²) in [5.41, 5.74) is 6.90. The van der Waals surface area contributed by atoms with Crippen LogP contribution in [0.3, 0.4) is 0 Å². The normalized spacial score (nSPS) is 20.7. The van der Waals surface area contributed by atoms with Gasteiger partial charge in [-0.25, -0.2) is 4.98 Å². The number of aliphatic hydroxyl groups is 1. The minimum Gasteiger partial charge on any atom is -0.493 e. The number of hydrogen-bond donors (Lipinski definition) is 5. The van der Waals surface area contributed by atoms with Gasteiger partial charge in [0.15, 0.2) is 0 Å². The average Bonchev–Trinajstić information content (AvgIpc) is 3.23. The number of likely N-dealkylation sites (tertiary alicyclic amines) is 1. The maximum Gasteiger partial charge on any atom is 0.220 e. The van der Waals surface area contributed by atoms with Gasteiger partial charge in [-0.15, -0.1) is 0 Å². The molecule has 0 amide bonds. The van der Waals surface area contributed by atoms with Crippen LogP contribution in [0, 0.1) is 12.3 Å². The smallest absolute Gasteiger partial charge is 0.220 e. The number of pyridine rings is 1. The quantitative estimate of drug-likeness (QED) is 0.340. The van der Waals surface area contributed by atoms with Crippen LogP contribution >= 0.6 is 11.6 Å². The third-order valence-corrected chi connectivity index (χ3v) is 7.75. The molecule has 2 aromatic carbocycles. The van der Waals surface area contributed by atoms with Gasteiger partial charge in [-0.3, -0.25) is 0 Å². The molecule has 0 bridgehead atoms. The summed E-state index contributed by atoms with van der Waals surface area (Å²) >= 11 is 6.07. The second kappa shape index (κ2) is 8.73. The van der Waals surface area contributed by atoms with E-state index >= 15 is 0 Å². The van der Waals surface area contributed by atoms with Gasteiger partial charge in [0.25, 0.3) is 0 Å². The fourth-order valence-electron chi connectivity index (χ4n) is 5.92. The summed E-state index contributed by atoms with van der Waals surface area (Å²) in [6.45, 7) is 6.91. The molecule has 1 unspecified atom stereocenters. The second-order valence-electron chi connectivity index (χ2n) is 10.5. The number of aryl methyl sites for hydroxylation is 1. The van der Waals surface area contributed by atoms with Gasteiger partial charge >= 0.3 is 0 Å². The van der Waals surface area contributed by atoms with Crippen molar-refractivity contribution in [1.29, 1.82) is 0 Å². The van der Waals surface area contributed by atoms with E-state index in [1.54, 1.807) is 24.4 Å². The fraction of sp³-hybridized carbons (Fsp3) is 0.370. The molecule has 4 heterocycles. The van der Waals surface area contributed by atoms with Crippen LogP contribution in [0.4, 0.5) is 22.7 Å². The number of nitrogens with zero attached hydrogens (tertiary/aromatic N) is 3. The van der Waals surface area contributed by atoms with Crippen LogP contribution in [-0.4, -0.2) is 59.9 Å². The zero-order chi connectivity index (χ0) is 25.0. The molecule has 3 aromatic rings. The van der Waals surface area contributed by atoms with E-state index in [9.17, 15) is 10.2 Å². The van der Waals surface area contributed by atoms with Crippen molar-refractivity contribution in [2.75, 3.05) is 60.6 Å². The maximum absolute atomic E-state index is 10.7. The van der Waals surface area contributed by atoms with E-state index in [1.165, 1.54) is 18.8 Å². The molecule has 0 aliphatic carbocycles. The van der Waals surface area contributed by atoms with E-state index in [0.29, 0.717) is 21.7 Å². The topological polar surface area (TPSA) is 95.9 Å². The summed E-state index contributed by atoms with van der Waals surface area (Å²) in [4.78, 5) is 8.94. The van der Waals surface area contributed by atoms with E-state index in [1.807, 2.05) is 12.1 Å². The fourth-order valence-corrected chi connectivity index (χ4v) is 6.12. The van der Waals surface area contributed by atoms with Crippen molar-refractivity contribution < 1.29 is 10.2 Å². The van der Waals surface area contributed by atoms with Crippen LogP contribution in [-0.2, 0) is 0 Å². The number of hydrogen-bond acceptors (Lipinski definition) is 8. The highest BCUT2D eigenvalue weighted by atomic mass is 35.5. The van der Waals surface area contributed by atoms with Crippen molar-refractivity contribution in [1.82, 2.24) is 9.88 Å². The van der Waals surface area contributed by atoms with E-state index in [4.69, 9.17) is 11.6 Å². The van der Waals surface area contributed by atoms with Crippen molar-refractivity contribution >= 4 is 34.4 Å². The van der Waals surface area contributed by atoms with Crippen molar-refractivity contribution in [3.8, 4) is 5.88 Å². The first-order chi connectivity index (χ1) is 17.3. The average molecular weight is 507 g/mol. The van der Waals surface area contributed by atoms with Gasteiger partial charge < -0.3 is 36.0 Å². The predicted molar refractivity (Wildman–Crippen MR) is 144 cm³/mol. The van der Waals surface area contributed by atoms with Crippen LogP contribution in [0.15, 0.2) is 48.7 Å². The lowest BCUT2D eigenvalue weighted by Gasteiger charge is -2.60. The first-order valence-corrected chi connectivity index (χ1v) is 12.6. The molecule has 3 aliphatic heterocycles. The van der Waals surface area contributed by atoms with Gasteiger partial charge in [0.05, 0.1) is 23.0 Å². The Kier molecular flexibility index (Phi) is 5.63. The molecule has 9 heteroatoms. The molecule has 36 heavy (non-hydrogen) atoms. The molecule has 2 saturated heterocycles. The number of fused-ring (bicyclic) bond motifs is 1. The monoisotopic (exact) mass is 506 g/mol. The highest BCUT2D eigenvalue weighted by Gasteiger charge is 2.50. The number of halogens is 1. The highest BCUT2D eigenvalue weighted by Crippen LogP contribution is 2.47. The number of aromatic hydroxyl groups is 1. The second-order valence-corrected chi connectivity index (χ2v) is 10.9. The summed E-state index contributed by atoms with van der Waals surface area (Å²) in [6, 6.07) is 13.4. The van der Waals surface area contributed by atoms with Gasteiger partial charge in [0.2, 0.25) is 5.88 Å². The summed E-state index contributed by atoms with van der Waals surface area (Å²) in [6.07, 6.45) is 0.431. The Hall–Kier alpha value is -3.20. The lowest BCUT2D eigenvalue weighted by Crippen LogP contribution is -2.71. The van der Waals surface area contributed by atoms with E-state index in [0.717, 1.165) is 35.6 Å². The van der Waals surface area contributed by atoms with Crippen LogP contribution in [0.5, 0.6) is 5.88 Å². The molecule has 0 saturated carbocycles. The van der Waals surface area contributed by atoms with E-state index in [-0.39, 0.29) is 18.6 Å². The predicted octanol–water partition coefficient (Wildman–Crippen LogP) is 4.18. The first kappa shape index (κ1) is 23.2. The molecule has 1 spiro atoms. The molecule has 1 aromatic heterocycles. The Balaban J connectivity index is 1.18. The minimum atomic E-state index is -0.756. The minimum absolute atomic E-state index is 0.0632. The molecule has 6 rings (SSSR count). The zero-order valence-corrected chi connectivity index (χ0v) is 21.2. The van der Waals surface area contributed by atoms with Crippen molar-refractivity contribution in [2.24, 2.45) is 5.41 Å². The number of anilines is 4. The summed E-state index contributed by atoms with van der Waals surface area (Å²) in [5.74, 6) is -0.0632. The Morgan fingerprint density at radius 2 is 1.97 bits per heavy atom. The molecule has 2 fully saturated rings. The molecule has 5 N–H and O–H groups in total. The lowest BCUT2D eigenvalue weighted by atomic mass is 9.73. The van der Waals surface area contributed by atoms with Crippen LogP contribution in [0.2, 0.25) is 5.02 Å². The number of benzene rings is 2. The Labute approximate surface area is 215 Å². The molecule has 8 nitrogen and oxygen atoms in total. The largest absolute Gasteiger partial charge is 0.493 e. The molecular weight excluding hydrogens is 476 g/mol. The van der Waals surface area contributed by atoms with Gasteiger partial charge in [-0.05, 0) is 55.4 Å². The molecule has 3 aliphatic rings. The zero-order valence-electron chi connectivity index (χ0n) is 20.4. The summed E-state index contributed by atoms with van der Waals surface area (Å²) < 4.78 is 0. The van der Waals surface area contributed by atoms with Crippen LogP contribution < -0.4 is 20.9 Å². The molecule has 0 radical (unpaired) electrons. The Bertz CT molecular complexity index is 1300. The number of nitrogens with one attached hydrogen (secondary N) is 3. The van der Waals surface area contributed by atoms with Crippen molar-refractivity contribution in [3.63, 3.8) is 0 Å². The third-order valence-electron chi connectivity index (χ3n) is 7.51. The third kappa shape index (κ3) is 4.09. The molecule has 2 atom stereocenters. The van der Waals surface area contributed by atoms with Crippen LogP contribution in [0.25, 0.3) is 0 Å². The number of aliphatic hydroxyl groups excluding tert-OH is 1. The van der Waals surface area contributed by atoms with Gasteiger partial charge in [0.1, 0.15) is 6.17 Å². The number of rotatable bonds is 6. The molecule has 188 valence electrons. The van der Waals surface area contributed by atoms with E-state index in [2.05, 4.69) is 56.8 Å². The number of aromatic nitrogens is 1. The molecular formula is C27H31ClN6O2. The summed E-state index contributed by atoms with van der Waals surface area (Å²) in [7, 11) is 2.18. The maximum atomic E-state index is 10.7. The summed E-state index contributed by atoms with van der Waals surface area (Å²) in [5, 5.41) is 32.3. The lowest BCUT2D eigenvalue weighted by molar-refractivity contribution is -0.00238. The van der Waals surface area contributed by atoms with E-state index < -0.39 is 6.10 Å². The van der Waals surface area contributed by atoms with Gasteiger partial charge in [0, 0.05) is 60.7 Å². The standard InChI is InChI=1S/C27H31ClN6O2/c1-16-8-19(34-14-27(15-34)12-33(2)13-27)10-21-24(16)32-25(31-21)23-20(6-7-29-26(23)36)30-11-22(35)17-4-3-5-18(28)9-17/h3-10,22,25,31-32,35H,11-15H2,1-2H3,(H2,29,30,36)/t22-,25?/m0/s1. The Morgan fingerprint density at radius 1 is 1.17 bits per heavy atom. The van der Waals surface area contributed by atoms with Gasteiger partial charge in [-0.2, -0.15) is 0 Å². The van der Waals surface area contributed by atoms with Crippen LogP contribution in [0.1, 0.15) is 29.0 Å². The SMILES string of the molecule is Cc1cc(N2CC3(CN(C)C3)C2)cc2c1NC(c1c(NC[C@H](O)c3cccc(Cl)c3)ccnc1O)N2. The van der Waals surface area contributed by atoms with Gasteiger partial charge in [-0.1, -0.05) is 23.7 Å².